The summed E-state index contributed by atoms with van der Waals surface area (Å²) in [4.78, 5) is 52.9. The predicted molar refractivity (Wildman–Crippen MR) is 117 cm³/mol. The molecule has 1 aromatic rings. The minimum Gasteiger partial charge on any atom is -0.477 e. The number of amides is 3. The molecule has 3 fully saturated rings. The Labute approximate surface area is 196 Å². The van der Waals surface area contributed by atoms with Crippen LogP contribution >= 0.6 is 23.5 Å². The predicted octanol–water partition coefficient (Wildman–Crippen LogP) is -0.638. The molecule has 33 heavy (non-hydrogen) atoms. The van der Waals surface area contributed by atoms with Crippen LogP contribution in [0.2, 0.25) is 0 Å². The third kappa shape index (κ3) is 4.01. The van der Waals surface area contributed by atoms with Crippen LogP contribution in [-0.4, -0.2) is 94.3 Å². The fourth-order valence-electron chi connectivity index (χ4n) is 4.16. The zero-order valence-electron chi connectivity index (χ0n) is 17.6. The van der Waals surface area contributed by atoms with Crippen molar-refractivity contribution in [3.63, 3.8) is 0 Å². The molecule has 3 amide bonds. The Hall–Kier alpha value is -2.87. The monoisotopic (exact) mass is 491 g/mol. The Bertz CT molecular complexity index is 1110. The second-order valence-corrected chi connectivity index (χ2v) is 10.2. The van der Waals surface area contributed by atoms with E-state index >= 15 is 0 Å². The molecular weight excluding hydrogens is 470 g/mol. The number of carbonyl (C=O) groups excluding carboxylic acids is 3. The highest BCUT2D eigenvalue weighted by molar-refractivity contribution is 8.00. The number of allylic oxidation sites excluding steroid dienone is 1. The highest BCUT2D eigenvalue weighted by Gasteiger charge is 2.54. The number of hydrogen-bond donors (Lipinski definition) is 2. The average molecular weight is 492 g/mol. The van der Waals surface area contributed by atoms with Crippen LogP contribution in [0.15, 0.2) is 28.1 Å². The number of likely N-dealkylation sites (tertiary alicyclic amines) is 1. The van der Waals surface area contributed by atoms with E-state index in [4.69, 9.17) is 0 Å². The molecule has 2 atom stereocenters. The number of tetrazole rings is 1. The van der Waals surface area contributed by atoms with Crippen molar-refractivity contribution in [3.05, 3.63) is 22.9 Å². The molecule has 174 valence electrons. The van der Waals surface area contributed by atoms with Gasteiger partial charge in [-0.1, -0.05) is 11.8 Å². The van der Waals surface area contributed by atoms with Crippen molar-refractivity contribution in [1.82, 2.24) is 35.3 Å². The highest BCUT2D eigenvalue weighted by atomic mass is 32.2. The molecule has 0 radical (unpaired) electrons. The van der Waals surface area contributed by atoms with Crippen LogP contribution in [0.3, 0.4) is 0 Å². The van der Waals surface area contributed by atoms with E-state index in [1.54, 1.807) is 13.1 Å². The number of nitrogens with zero attached hydrogens (tertiary/aromatic N) is 6. The average Bonchev–Trinajstić information content (AvgIpc) is 3.45. The van der Waals surface area contributed by atoms with E-state index < -0.39 is 23.3 Å². The maximum absolute atomic E-state index is 12.8. The van der Waals surface area contributed by atoms with Gasteiger partial charge in [-0.25, -0.2) is 9.48 Å². The Morgan fingerprint density at radius 1 is 1.33 bits per heavy atom. The van der Waals surface area contributed by atoms with Gasteiger partial charge in [0.05, 0.1) is 5.75 Å². The highest BCUT2D eigenvalue weighted by Crippen LogP contribution is 2.41. The van der Waals surface area contributed by atoms with E-state index in [2.05, 4.69) is 20.8 Å². The number of carboxylic acids is 1. The van der Waals surface area contributed by atoms with Gasteiger partial charge >= 0.3 is 5.97 Å². The first-order valence-electron chi connectivity index (χ1n) is 10.4. The zero-order chi connectivity index (χ0) is 23.3. The van der Waals surface area contributed by atoms with E-state index in [0.717, 1.165) is 24.6 Å². The summed E-state index contributed by atoms with van der Waals surface area (Å²) in [5.74, 6) is -1.75. The lowest BCUT2D eigenvalue weighted by Crippen LogP contribution is -2.70. The maximum Gasteiger partial charge on any atom is 0.352 e. The normalized spacial score (nSPS) is 26.0. The molecular formula is C19H21N7O5S2. The van der Waals surface area contributed by atoms with E-state index in [9.17, 15) is 24.3 Å². The van der Waals surface area contributed by atoms with Gasteiger partial charge in [0, 0.05) is 31.0 Å². The first-order valence-corrected chi connectivity index (χ1v) is 12.5. The molecule has 0 unspecified atom stereocenters. The smallest absolute Gasteiger partial charge is 0.352 e. The Kier molecular flexibility index (Phi) is 5.64. The number of thioether (sulfide) groups is 2. The molecule has 1 aromatic heterocycles. The topological polar surface area (TPSA) is 151 Å². The molecule has 4 heterocycles. The van der Waals surface area contributed by atoms with Crippen LogP contribution < -0.4 is 5.32 Å². The van der Waals surface area contributed by atoms with Crippen LogP contribution in [0.5, 0.6) is 0 Å². The summed E-state index contributed by atoms with van der Waals surface area (Å²) < 4.78 is 1.43. The number of rotatable bonds is 7. The number of fused-ring (bicyclic) bond motifs is 1. The third-order valence-electron chi connectivity index (χ3n) is 5.92. The van der Waals surface area contributed by atoms with Crippen molar-refractivity contribution in [1.29, 1.82) is 0 Å². The van der Waals surface area contributed by atoms with Crippen molar-refractivity contribution in [3.8, 4) is 0 Å². The van der Waals surface area contributed by atoms with Crippen LogP contribution in [0.25, 0.3) is 0 Å². The van der Waals surface area contributed by atoms with Crippen molar-refractivity contribution in [2.45, 2.75) is 41.9 Å². The molecule has 3 aliphatic heterocycles. The number of aliphatic carboxylic acids is 1. The summed E-state index contributed by atoms with van der Waals surface area (Å²) in [6.07, 6.45) is 4.25. The van der Waals surface area contributed by atoms with Gasteiger partial charge in [0.15, 0.2) is 0 Å². The minimum atomic E-state index is -1.22. The number of nitrogens with one attached hydrogen (secondary N) is 1. The van der Waals surface area contributed by atoms with Crippen LogP contribution in [0.1, 0.15) is 19.3 Å². The number of carbonyl (C=O) groups is 4. The number of hydrogen-bond acceptors (Lipinski definition) is 9. The summed E-state index contributed by atoms with van der Waals surface area (Å²) in [7, 11) is 1.65. The van der Waals surface area contributed by atoms with Gasteiger partial charge in [0.25, 0.3) is 5.91 Å². The largest absolute Gasteiger partial charge is 0.477 e. The number of aromatic nitrogens is 4. The first kappa shape index (κ1) is 21.9. The fraction of sp³-hybridized carbons (Fsp3) is 0.526. The lowest BCUT2D eigenvalue weighted by Gasteiger charge is -2.49. The van der Waals surface area contributed by atoms with Gasteiger partial charge in [0.1, 0.15) is 17.1 Å². The fourth-order valence-corrected chi connectivity index (χ4v) is 6.12. The van der Waals surface area contributed by atoms with Gasteiger partial charge in [-0.05, 0) is 41.3 Å². The quantitative estimate of drug-likeness (QED) is 0.286. The van der Waals surface area contributed by atoms with E-state index in [-0.39, 0.29) is 23.3 Å². The Morgan fingerprint density at radius 2 is 2.12 bits per heavy atom. The molecule has 4 aliphatic rings. The number of carboxylic acid groups (broad SMARTS) is 1. The molecule has 1 saturated carbocycles. The van der Waals surface area contributed by atoms with E-state index in [1.807, 2.05) is 4.90 Å². The van der Waals surface area contributed by atoms with Gasteiger partial charge < -0.3 is 15.3 Å². The number of β-lactam (4-membered cyclic amide) rings is 1. The SMILES string of the molecule is Cn1nnnc1SCC(=O)N[C@@H]1C(=O)N2C(C(=O)O)=C(C=C3CCN(C4CC4)C3=O)CS[C@H]12. The molecule has 0 spiro atoms. The van der Waals surface area contributed by atoms with Crippen molar-refractivity contribution >= 4 is 47.2 Å². The number of aryl methyl sites for hydroxylation is 1. The van der Waals surface area contributed by atoms with Crippen molar-refractivity contribution < 1.29 is 24.3 Å². The Balaban J connectivity index is 1.27. The lowest BCUT2D eigenvalue weighted by atomic mass is 10.0. The van der Waals surface area contributed by atoms with Gasteiger partial charge in [-0.15, -0.1) is 16.9 Å². The summed E-state index contributed by atoms with van der Waals surface area (Å²) in [5.41, 5.74) is 0.926. The van der Waals surface area contributed by atoms with Crippen molar-refractivity contribution in [2.75, 3.05) is 18.1 Å². The summed E-state index contributed by atoms with van der Waals surface area (Å²) in [6, 6.07) is -0.492. The van der Waals surface area contributed by atoms with E-state index in [0.29, 0.717) is 41.1 Å². The first-order chi connectivity index (χ1) is 15.8. The second kappa shape index (κ2) is 8.48. The van der Waals surface area contributed by atoms with Crippen molar-refractivity contribution in [2.24, 2.45) is 7.05 Å². The molecule has 0 aromatic carbocycles. The van der Waals surface area contributed by atoms with Gasteiger partial charge in [-0.2, -0.15) is 0 Å². The standard InChI is InChI=1S/C19H21N7O5S2/c1-24-19(21-22-23-24)33-8-12(27)20-13-16(29)26-14(18(30)31)10(7-32-17(13)26)6-9-4-5-25(15(9)28)11-2-3-11/h6,11,13,17H,2-5,7-8H2,1H3,(H,20,27)(H,30,31)/t13-,17-/m1/s1. The molecule has 14 heteroatoms. The molecule has 2 saturated heterocycles. The molecule has 1 aliphatic carbocycles. The molecule has 0 bridgehead atoms. The maximum atomic E-state index is 12.8. The molecule has 12 nitrogen and oxygen atoms in total. The lowest BCUT2D eigenvalue weighted by molar-refractivity contribution is -0.150. The van der Waals surface area contributed by atoms with Gasteiger partial charge in [-0.3, -0.25) is 19.3 Å². The van der Waals surface area contributed by atoms with Crippen LogP contribution in [-0.2, 0) is 26.2 Å². The van der Waals surface area contributed by atoms with E-state index in [1.165, 1.54) is 21.3 Å². The molecule has 5 rings (SSSR count). The van der Waals surface area contributed by atoms with Crippen LogP contribution in [0.4, 0.5) is 0 Å². The summed E-state index contributed by atoms with van der Waals surface area (Å²) in [5, 5.41) is 23.4. The summed E-state index contributed by atoms with van der Waals surface area (Å²) >= 11 is 2.51. The molecule has 2 N–H and O–H groups in total. The third-order valence-corrected chi connectivity index (χ3v) is 8.24. The summed E-state index contributed by atoms with van der Waals surface area (Å²) in [6.45, 7) is 0.653. The second-order valence-electron chi connectivity index (χ2n) is 8.16. The van der Waals surface area contributed by atoms with Crippen LogP contribution in [0, 0.1) is 0 Å². The minimum absolute atomic E-state index is 0.0218. The Morgan fingerprint density at radius 3 is 2.79 bits per heavy atom. The van der Waals surface area contributed by atoms with Gasteiger partial charge in [0.2, 0.25) is 17.0 Å². The zero-order valence-corrected chi connectivity index (χ0v) is 19.3.